The third kappa shape index (κ3) is 5.52. The van der Waals surface area contributed by atoms with E-state index in [2.05, 4.69) is 15.9 Å². The van der Waals surface area contributed by atoms with E-state index in [-0.39, 0.29) is 32.0 Å². The van der Waals surface area contributed by atoms with Gasteiger partial charge < -0.3 is 9.84 Å². The Kier molecular flexibility index (Phi) is 8.84. The molecule has 0 bridgehead atoms. The Balaban J connectivity index is 0.00000288. The highest BCUT2D eigenvalue weighted by Gasteiger charge is 2.13. The summed E-state index contributed by atoms with van der Waals surface area (Å²) in [5.74, 6) is -0.300. The first-order chi connectivity index (χ1) is 11.0. The number of hydrogen-bond donors (Lipinski definition) is 1. The van der Waals surface area contributed by atoms with Crippen LogP contribution in [0.15, 0.2) is 46.9 Å². The lowest BCUT2D eigenvalue weighted by atomic mass is 9.93. The quantitative estimate of drug-likeness (QED) is 0.674. The molecular formula is C18H20BrClO3S. The van der Waals surface area contributed by atoms with Crippen LogP contribution in [0.1, 0.15) is 33.8 Å². The van der Waals surface area contributed by atoms with Crippen LogP contribution in [0.2, 0.25) is 5.02 Å². The number of rotatable bonds is 6. The molecule has 130 valence electrons. The fourth-order valence-corrected chi connectivity index (χ4v) is 3.13. The molecule has 0 amide bonds. The highest BCUT2D eigenvalue weighted by molar-refractivity contribution is 9.10. The number of aryl methyl sites for hydroxylation is 1. The van der Waals surface area contributed by atoms with E-state index >= 15 is 0 Å². The van der Waals surface area contributed by atoms with E-state index in [1.807, 2.05) is 30.3 Å². The van der Waals surface area contributed by atoms with E-state index in [1.165, 1.54) is 7.11 Å². The lowest BCUT2D eigenvalue weighted by Gasteiger charge is -2.15. The summed E-state index contributed by atoms with van der Waals surface area (Å²) in [6, 6.07) is 13.0. The van der Waals surface area contributed by atoms with Crippen molar-refractivity contribution in [3.05, 3.63) is 68.7 Å². The molecule has 24 heavy (non-hydrogen) atoms. The lowest BCUT2D eigenvalue weighted by molar-refractivity contribution is 0.0600. The molecule has 0 aliphatic rings. The normalized spacial score (nSPS) is 11.5. The summed E-state index contributed by atoms with van der Waals surface area (Å²) in [6.07, 6.45) is 1.59. The van der Waals surface area contributed by atoms with Gasteiger partial charge in [0.1, 0.15) is 0 Å². The predicted octanol–water partition coefficient (Wildman–Crippen LogP) is 4.71. The van der Waals surface area contributed by atoms with Gasteiger partial charge in [0.05, 0.1) is 12.7 Å². The number of esters is 1. The first kappa shape index (κ1) is 21.0. The molecule has 2 aromatic rings. The molecule has 0 aromatic heterocycles. The Labute approximate surface area is 162 Å². The van der Waals surface area contributed by atoms with E-state index in [0.717, 1.165) is 28.4 Å². The highest BCUT2D eigenvalue weighted by Crippen LogP contribution is 2.26. The zero-order chi connectivity index (χ0) is 16.8. The standard InChI is InChI=1S/C18H18BrClO3.H2S/c1-23-18(22)14-4-2-13(17(19)10-14)3-5-15(11-21)12-6-8-16(20)9-7-12;/h2,4,6-10,15,21H,3,5,11H2,1H3;1H2/t15-;/m1./s1. The van der Waals surface area contributed by atoms with Gasteiger partial charge in [0.25, 0.3) is 0 Å². The lowest BCUT2D eigenvalue weighted by Crippen LogP contribution is -2.06. The molecule has 1 N–H and O–H groups in total. The monoisotopic (exact) mass is 430 g/mol. The molecule has 0 spiro atoms. The van der Waals surface area contributed by atoms with Crippen molar-refractivity contribution in [3.63, 3.8) is 0 Å². The van der Waals surface area contributed by atoms with E-state index in [9.17, 15) is 9.90 Å². The fourth-order valence-electron chi connectivity index (χ4n) is 2.42. The van der Waals surface area contributed by atoms with Crippen molar-refractivity contribution in [2.75, 3.05) is 13.7 Å². The van der Waals surface area contributed by atoms with Crippen LogP contribution < -0.4 is 0 Å². The molecule has 6 heteroatoms. The number of halogens is 2. The maximum atomic E-state index is 11.5. The topological polar surface area (TPSA) is 46.5 Å². The van der Waals surface area contributed by atoms with Crippen molar-refractivity contribution in [3.8, 4) is 0 Å². The van der Waals surface area contributed by atoms with Gasteiger partial charge >= 0.3 is 5.97 Å². The second-order valence-electron chi connectivity index (χ2n) is 5.27. The van der Waals surface area contributed by atoms with Gasteiger partial charge in [0, 0.05) is 22.0 Å². The summed E-state index contributed by atoms with van der Waals surface area (Å²) < 4.78 is 5.58. The van der Waals surface area contributed by atoms with Crippen molar-refractivity contribution in [1.29, 1.82) is 0 Å². The number of methoxy groups -OCH3 is 1. The molecule has 0 heterocycles. The number of ether oxygens (including phenoxy) is 1. The molecule has 2 aromatic carbocycles. The number of carbonyl (C=O) groups excluding carboxylic acids is 1. The Morgan fingerprint density at radius 2 is 1.92 bits per heavy atom. The largest absolute Gasteiger partial charge is 0.465 e. The smallest absolute Gasteiger partial charge is 0.337 e. The van der Waals surface area contributed by atoms with Gasteiger partial charge in [-0.2, -0.15) is 13.5 Å². The van der Waals surface area contributed by atoms with Gasteiger partial charge in [-0.25, -0.2) is 4.79 Å². The Morgan fingerprint density at radius 1 is 1.25 bits per heavy atom. The second-order valence-corrected chi connectivity index (χ2v) is 6.56. The molecule has 0 radical (unpaired) electrons. The average molecular weight is 432 g/mol. The molecule has 0 aliphatic carbocycles. The van der Waals surface area contributed by atoms with Gasteiger partial charge in [-0.05, 0) is 48.2 Å². The summed E-state index contributed by atoms with van der Waals surface area (Å²) in [7, 11) is 1.36. The predicted molar refractivity (Wildman–Crippen MR) is 105 cm³/mol. The molecule has 0 saturated heterocycles. The van der Waals surface area contributed by atoms with Crippen LogP contribution in [-0.4, -0.2) is 24.8 Å². The van der Waals surface area contributed by atoms with Crippen molar-refractivity contribution < 1.29 is 14.6 Å². The minimum atomic E-state index is -0.355. The van der Waals surface area contributed by atoms with Crippen molar-refractivity contribution in [2.45, 2.75) is 18.8 Å². The highest BCUT2D eigenvalue weighted by atomic mass is 79.9. The van der Waals surface area contributed by atoms with Crippen molar-refractivity contribution in [1.82, 2.24) is 0 Å². The number of aliphatic hydroxyl groups is 1. The Bertz CT molecular complexity index is 676. The maximum Gasteiger partial charge on any atom is 0.337 e. The molecular weight excluding hydrogens is 412 g/mol. The minimum Gasteiger partial charge on any atom is -0.465 e. The zero-order valence-electron chi connectivity index (χ0n) is 13.3. The number of benzene rings is 2. The summed E-state index contributed by atoms with van der Waals surface area (Å²) in [6.45, 7) is 0.0828. The van der Waals surface area contributed by atoms with Crippen LogP contribution in [0.5, 0.6) is 0 Å². The molecule has 1 atom stereocenters. The summed E-state index contributed by atoms with van der Waals surface area (Å²) in [4.78, 5) is 11.5. The first-order valence-electron chi connectivity index (χ1n) is 7.28. The number of aliphatic hydroxyl groups excluding tert-OH is 1. The molecule has 0 saturated carbocycles. The third-order valence-corrected chi connectivity index (χ3v) is 4.79. The van der Waals surface area contributed by atoms with Crippen LogP contribution in [0.25, 0.3) is 0 Å². The SMILES string of the molecule is COC(=O)c1ccc(CC[C@H](CO)c2ccc(Cl)cc2)c(Br)c1.S. The van der Waals surface area contributed by atoms with Gasteiger partial charge in [-0.3, -0.25) is 0 Å². The maximum absolute atomic E-state index is 11.5. The Hall–Kier alpha value is -1.01. The van der Waals surface area contributed by atoms with Crippen LogP contribution in [0, 0.1) is 0 Å². The van der Waals surface area contributed by atoms with Crippen molar-refractivity contribution in [2.24, 2.45) is 0 Å². The molecule has 0 unspecified atom stereocenters. The third-order valence-electron chi connectivity index (χ3n) is 3.80. The zero-order valence-corrected chi connectivity index (χ0v) is 16.6. The van der Waals surface area contributed by atoms with E-state index in [0.29, 0.717) is 10.6 Å². The van der Waals surface area contributed by atoms with Gasteiger partial charge in [0.2, 0.25) is 0 Å². The molecule has 3 nitrogen and oxygen atoms in total. The summed E-state index contributed by atoms with van der Waals surface area (Å²) >= 11 is 9.39. The van der Waals surface area contributed by atoms with Gasteiger partial charge in [-0.1, -0.05) is 45.7 Å². The van der Waals surface area contributed by atoms with Crippen LogP contribution in [0.3, 0.4) is 0 Å². The molecule has 0 aliphatic heterocycles. The minimum absolute atomic E-state index is 0. The van der Waals surface area contributed by atoms with Gasteiger partial charge in [0.15, 0.2) is 0 Å². The summed E-state index contributed by atoms with van der Waals surface area (Å²) in [5, 5.41) is 10.3. The second kappa shape index (κ2) is 10.1. The van der Waals surface area contributed by atoms with Crippen LogP contribution in [-0.2, 0) is 11.2 Å². The number of hydrogen-bond acceptors (Lipinski definition) is 3. The average Bonchev–Trinajstić information content (AvgIpc) is 2.57. The van der Waals surface area contributed by atoms with Gasteiger partial charge in [-0.15, -0.1) is 0 Å². The van der Waals surface area contributed by atoms with E-state index < -0.39 is 0 Å². The van der Waals surface area contributed by atoms with E-state index in [4.69, 9.17) is 16.3 Å². The summed E-state index contributed by atoms with van der Waals surface area (Å²) in [5.41, 5.74) is 2.67. The molecule has 2 rings (SSSR count). The fraction of sp³-hybridized carbons (Fsp3) is 0.278. The van der Waals surface area contributed by atoms with Crippen molar-refractivity contribution >= 4 is 47.0 Å². The molecule has 0 fully saturated rings. The first-order valence-corrected chi connectivity index (χ1v) is 8.45. The van der Waals surface area contributed by atoms with E-state index in [1.54, 1.807) is 12.1 Å². The Morgan fingerprint density at radius 3 is 2.46 bits per heavy atom. The van der Waals surface area contributed by atoms with Crippen LogP contribution in [0.4, 0.5) is 0 Å². The van der Waals surface area contributed by atoms with Crippen LogP contribution >= 0.6 is 41.0 Å². The number of carbonyl (C=O) groups is 1.